The Labute approximate surface area is 164 Å². The van der Waals surface area contributed by atoms with Gasteiger partial charge in [0.1, 0.15) is 0 Å². The molecule has 0 aliphatic rings. The number of benzene rings is 1. The number of amides is 1. The normalized spacial score (nSPS) is 12.1. The number of fused-ring (bicyclic) bond motifs is 1. The topological polar surface area (TPSA) is 52.2 Å². The molecule has 0 atom stereocenters. The highest BCUT2D eigenvalue weighted by atomic mass is 35.5. The largest absolute Gasteiger partial charge is 0.303 e. The number of hydrogen-bond donors (Lipinski definition) is 0. The van der Waals surface area contributed by atoms with Crippen molar-refractivity contribution in [2.24, 2.45) is 4.99 Å². The summed E-state index contributed by atoms with van der Waals surface area (Å²) in [5.41, 5.74) is 1.87. The number of halogens is 2. The number of aryl methyl sites for hydroxylation is 1. The molecular formula is C18H16Cl2N4OS. The minimum Gasteiger partial charge on any atom is -0.303 e. The van der Waals surface area contributed by atoms with Gasteiger partial charge in [-0.25, -0.2) is 0 Å². The summed E-state index contributed by atoms with van der Waals surface area (Å²) < 4.78 is 4.25. The third-order valence-corrected chi connectivity index (χ3v) is 5.65. The molecule has 0 N–H and O–H groups in total. The lowest BCUT2D eigenvalue weighted by atomic mass is 10.3. The van der Waals surface area contributed by atoms with Gasteiger partial charge in [-0.1, -0.05) is 40.5 Å². The number of carbonyl (C=O) groups excluding carboxylic acids is 1. The predicted octanol–water partition coefficient (Wildman–Crippen LogP) is 4.47. The van der Waals surface area contributed by atoms with Crippen molar-refractivity contribution in [1.29, 1.82) is 0 Å². The van der Waals surface area contributed by atoms with Crippen molar-refractivity contribution < 1.29 is 4.79 Å². The van der Waals surface area contributed by atoms with Crippen molar-refractivity contribution in [2.75, 3.05) is 0 Å². The Bertz CT molecular complexity index is 1110. The van der Waals surface area contributed by atoms with Gasteiger partial charge < -0.3 is 4.57 Å². The number of carbonyl (C=O) groups is 1. The number of rotatable bonds is 3. The van der Waals surface area contributed by atoms with Crippen LogP contribution >= 0.6 is 34.5 Å². The molecule has 2 heterocycles. The van der Waals surface area contributed by atoms with Gasteiger partial charge in [-0.05, 0) is 39.0 Å². The van der Waals surface area contributed by atoms with Crippen LogP contribution in [0.1, 0.15) is 36.1 Å². The van der Waals surface area contributed by atoms with Gasteiger partial charge in [-0.2, -0.15) is 10.1 Å². The van der Waals surface area contributed by atoms with E-state index in [-0.39, 0.29) is 18.3 Å². The van der Waals surface area contributed by atoms with E-state index in [0.717, 1.165) is 10.4 Å². The summed E-state index contributed by atoms with van der Waals surface area (Å²) in [7, 11) is 0. The first-order chi connectivity index (χ1) is 12.3. The van der Waals surface area contributed by atoms with E-state index >= 15 is 0 Å². The number of aromatic nitrogens is 3. The van der Waals surface area contributed by atoms with Crippen LogP contribution in [-0.4, -0.2) is 20.3 Å². The molecule has 0 saturated heterocycles. The molecule has 0 saturated carbocycles. The first-order valence-corrected chi connectivity index (χ1v) is 9.46. The first-order valence-electron chi connectivity index (χ1n) is 7.89. The first kappa shape index (κ1) is 18.7. The molecule has 0 spiro atoms. The van der Waals surface area contributed by atoms with Crippen molar-refractivity contribution in [3.63, 3.8) is 0 Å². The minimum atomic E-state index is -0.433. The SMILES string of the molecule is C#CCn1c(=NC(=O)c2cc(C)n(C(C)C)n2)sc2c(Cl)ccc(Cl)c21. The van der Waals surface area contributed by atoms with Gasteiger partial charge in [0.2, 0.25) is 0 Å². The number of nitrogens with zero attached hydrogens (tertiary/aromatic N) is 4. The quantitative estimate of drug-likeness (QED) is 0.602. The Morgan fingerprint density at radius 3 is 2.69 bits per heavy atom. The zero-order valence-corrected chi connectivity index (χ0v) is 16.8. The van der Waals surface area contributed by atoms with Crippen molar-refractivity contribution in [2.45, 2.75) is 33.4 Å². The van der Waals surface area contributed by atoms with Gasteiger partial charge in [0, 0.05) is 11.7 Å². The van der Waals surface area contributed by atoms with Crippen LogP contribution in [0.4, 0.5) is 0 Å². The Hall–Kier alpha value is -2.07. The molecule has 0 fully saturated rings. The lowest BCUT2D eigenvalue weighted by Gasteiger charge is -2.06. The molecule has 1 aromatic carbocycles. The van der Waals surface area contributed by atoms with E-state index in [1.165, 1.54) is 11.3 Å². The number of thiazole rings is 1. The van der Waals surface area contributed by atoms with Crippen LogP contribution in [0.5, 0.6) is 0 Å². The van der Waals surface area contributed by atoms with Gasteiger partial charge >= 0.3 is 0 Å². The smallest absolute Gasteiger partial charge is 0.300 e. The fourth-order valence-corrected chi connectivity index (χ4v) is 4.34. The fraction of sp³-hybridized carbons (Fsp3) is 0.278. The summed E-state index contributed by atoms with van der Waals surface area (Å²) in [4.78, 5) is 17.3. The van der Waals surface area contributed by atoms with Gasteiger partial charge in [0.15, 0.2) is 10.5 Å². The van der Waals surface area contributed by atoms with Crippen LogP contribution in [0.25, 0.3) is 10.2 Å². The summed E-state index contributed by atoms with van der Waals surface area (Å²) in [5, 5.41) is 5.39. The van der Waals surface area contributed by atoms with Crippen molar-refractivity contribution >= 4 is 50.7 Å². The average molecular weight is 407 g/mol. The molecule has 0 radical (unpaired) electrons. The van der Waals surface area contributed by atoms with E-state index in [9.17, 15) is 4.79 Å². The van der Waals surface area contributed by atoms with Crippen LogP contribution in [0.3, 0.4) is 0 Å². The molecule has 26 heavy (non-hydrogen) atoms. The number of hydrogen-bond acceptors (Lipinski definition) is 3. The summed E-state index contributed by atoms with van der Waals surface area (Å²) in [5.74, 6) is 2.13. The van der Waals surface area contributed by atoms with Gasteiger partial charge in [0.05, 0.1) is 26.8 Å². The molecule has 0 aliphatic carbocycles. The maximum Gasteiger partial charge on any atom is 0.300 e. The molecule has 5 nitrogen and oxygen atoms in total. The molecular weight excluding hydrogens is 391 g/mol. The van der Waals surface area contributed by atoms with E-state index in [1.807, 2.05) is 20.8 Å². The zero-order chi connectivity index (χ0) is 19.0. The lowest BCUT2D eigenvalue weighted by Crippen LogP contribution is -2.17. The molecule has 0 bridgehead atoms. The van der Waals surface area contributed by atoms with E-state index in [4.69, 9.17) is 29.6 Å². The Morgan fingerprint density at radius 1 is 1.38 bits per heavy atom. The van der Waals surface area contributed by atoms with Gasteiger partial charge in [-0.3, -0.25) is 9.48 Å². The molecule has 0 aliphatic heterocycles. The predicted molar refractivity (Wildman–Crippen MR) is 106 cm³/mol. The Morgan fingerprint density at radius 2 is 2.08 bits per heavy atom. The lowest BCUT2D eigenvalue weighted by molar-refractivity contribution is 0.0992. The molecule has 3 rings (SSSR count). The maximum absolute atomic E-state index is 12.6. The highest BCUT2D eigenvalue weighted by Gasteiger charge is 2.16. The highest BCUT2D eigenvalue weighted by Crippen LogP contribution is 2.31. The molecule has 2 aromatic heterocycles. The standard InChI is InChI=1S/C18H16Cl2N4OS/c1-5-8-23-15-12(19)6-7-13(20)16(15)26-18(23)21-17(25)14-9-11(4)24(22-14)10(2)3/h1,6-7,9-10H,8H2,2-4H3. The summed E-state index contributed by atoms with van der Waals surface area (Å²) in [6, 6.07) is 5.29. The minimum absolute atomic E-state index is 0.157. The second kappa shape index (κ2) is 7.28. The molecule has 134 valence electrons. The zero-order valence-electron chi connectivity index (χ0n) is 14.5. The van der Waals surface area contributed by atoms with Crippen molar-refractivity contribution in [1.82, 2.24) is 14.3 Å². The summed E-state index contributed by atoms with van der Waals surface area (Å²) in [6.45, 7) is 6.14. The summed E-state index contributed by atoms with van der Waals surface area (Å²) in [6.07, 6.45) is 5.48. The molecule has 8 heteroatoms. The summed E-state index contributed by atoms with van der Waals surface area (Å²) >= 11 is 13.9. The van der Waals surface area contributed by atoms with Gasteiger partial charge in [0.25, 0.3) is 5.91 Å². The second-order valence-corrected chi connectivity index (χ2v) is 7.80. The van der Waals surface area contributed by atoms with Crippen LogP contribution in [-0.2, 0) is 6.54 Å². The molecule has 1 amide bonds. The Kier molecular flexibility index (Phi) is 5.24. The van der Waals surface area contributed by atoms with Crippen LogP contribution < -0.4 is 4.80 Å². The van der Waals surface area contributed by atoms with E-state index in [2.05, 4.69) is 16.0 Å². The van der Waals surface area contributed by atoms with Crippen LogP contribution in [0.15, 0.2) is 23.2 Å². The van der Waals surface area contributed by atoms with E-state index in [0.29, 0.717) is 20.4 Å². The second-order valence-electron chi connectivity index (χ2n) is 6.01. The van der Waals surface area contributed by atoms with E-state index in [1.54, 1.807) is 27.4 Å². The Balaban J connectivity index is 2.18. The fourth-order valence-electron chi connectivity index (χ4n) is 2.69. The molecule has 0 unspecified atom stereocenters. The highest BCUT2D eigenvalue weighted by molar-refractivity contribution is 7.17. The monoisotopic (exact) mass is 406 g/mol. The maximum atomic E-state index is 12.6. The van der Waals surface area contributed by atoms with Gasteiger partial charge in [-0.15, -0.1) is 6.42 Å². The van der Waals surface area contributed by atoms with E-state index < -0.39 is 5.91 Å². The third kappa shape index (κ3) is 3.30. The van der Waals surface area contributed by atoms with Crippen molar-refractivity contribution in [3.8, 4) is 12.3 Å². The average Bonchev–Trinajstić information content (AvgIpc) is 3.14. The molecule has 3 aromatic rings. The van der Waals surface area contributed by atoms with Crippen LogP contribution in [0.2, 0.25) is 10.0 Å². The number of terminal acetylenes is 1. The van der Waals surface area contributed by atoms with Crippen molar-refractivity contribution in [3.05, 3.63) is 44.4 Å². The van der Waals surface area contributed by atoms with Crippen LogP contribution in [0, 0.1) is 19.3 Å². The third-order valence-electron chi connectivity index (χ3n) is 3.81.